The van der Waals surface area contributed by atoms with Gasteiger partial charge in [-0.2, -0.15) is 0 Å². The van der Waals surface area contributed by atoms with Crippen LogP contribution in [-0.4, -0.2) is 11.5 Å². The minimum absolute atomic E-state index is 0.241. The zero-order valence-electron chi connectivity index (χ0n) is 11.2. The standard InChI is InChI=1S/C15H16F2N2O/c1-2-7-18-15-11(4-3-8-19-15)10-20-12-5-6-13(16)14(17)9-12/h3-6,8-9H,2,7,10H2,1H3,(H,18,19). The predicted octanol–water partition coefficient (Wildman–Crippen LogP) is 3.76. The van der Waals surface area contributed by atoms with Gasteiger partial charge in [0.2, 0.25) is 0 Å². The molecule has 106 valence electrons. The van der Waals surface area contributed by atoms with E-state index in [9.17, 15) is 8.78 Å². The van der Waals surface area contributed by atoms with E-state index in [1.54, 1.807) is 12.3 Å². The lowest BCUT2D eigenvalue weighted by molar-refractivity contribution is 0.303. The van der Waals surface area contributed by atoms with Gasteiger partial charge in [-0.3, -0.25) is 0 Å². The van der Waals surface area contributed by atoms with E-state index in [0.717, 1.165) is 36.5 Å². The highest BCUT2D eigenvalue weighted by Gasteiger charge is 2.06. The first-order chi connectivity index (χ1) is 9.70. The molecular formula is C15H16F2N2O. The van der Waals surface area contributed by atoms with E-state index >= 15 is 0 Å². The summed E-state index contributed by atoms with van der Waals surface area (Å²) < 4.78 is 31.3. The molecule has 1 N–H and O–H groups in total. The molecule has 0 unspecified atom stereocenters. The van der Waals surface area contributed by atoms with Gasteiger partial charge in [0.15, 0.2) is 11.6 Å². The molecule has 0 aliphatic carbocycles. The largest absolute Gasteiger partial charge is 0.489 e. The molecule has 1 aromatic carbocycles. The number of hydrogen-bond acceptors (Lipinski definition) is 3. The number of nitrogens with zero attached hydrogens (tertiary/aromatic N) is 1. The Bertz CT molecular complexity index is 576. The average molecular weight is 278 g/mol. The van der Waals surface area contributed by atoms with Crippen LogP contribution in [0.1, 0.15) is 18.9 Å². The van der Waals surface area contributed by atoms with Crippen LogP contribution in [0.15, 0.2) is 36.5 Å². The summed E-state index contributed by atoms with van der Waals surface area (Å²) in [4.78, 5) is 4.23. The molecule has 0 saturated carbocycles. The number of pyridine rings is 1. The Morgan fingerprint density at radius 1 is 1.20 bits per heavy atom. The lowest BCUT2D eigenvalue weighted by Crippen LogP contribution is -2.07. The van der Waals surface area contributed by atoms with Crippen molar-refractivity contribution in [3.05, 3.63) is 53.7 Å². The molecule has 2 rings (SSSR count). The minimum atomic E-state index is -0.919. The van der Waals surface area contributed by atoms with Crippen LogP contribution >= 0.6 is 0 Å². The van der Waals surface area contributed by atoms with E-state index in [2.05, 4.69) is 17.2 Å². The van der Waals surface area contributed by atoms with E-state index < -0.39 is 11.6 Å². The van der Waals surface area contributed by atoms with Crippen molar-refractivity contribution in [3.8, 4) is 5.75 Å². The van der Waals surface area contributed by atoms with Crippen LogP contribution in [0.4, 0.5) is 14.6 Å². The second-order valence-corrected chi connectivity index (χ2v) is 4.30. The van der Waals surface area contributed by atoms with Crippen molar-refractivity contribution in [1.29, 1.82) is 0 Å². The zero-order chi connectivity index (χ0) is 14.4. The summed E-state index contributed by atoms with van der Waals surface area (Å²) >= 11 is 0. The van der Waals surface area contributed by atoms with E-state index in [4.69, 9.17) is 4.74 Å². The van der Waals surface area contributed by atoms with Gasteiger partial charge >= 0.3 is 0 Å². The van der Waals surface area contributed by atoms with Gasteiger partial charge in [0.05, 0.1) is 0 Å². The molecule has 0 saturated heterocycles. The SMILES string of the molecule is CCCNc1ncccc1COc1ccc(F)c(F)c1. The molecule has 0 radical (unpaired) electrons. The topological polar surface area (TPSA) is 34.2 Å². The highest BCUT2D eigenvalue weighted by atomic mass is 19.2. The van der Waals surface area contributed by atoms with Gasteiger partial charge in [0.1, 0.15) is 18.2 Å². The predicted molar refractivity (Wildman–Crippen MR) is 73.7 cm³/mol. The van der Waals surface area contributed by atoms with E-state index in [1.807, 2.05) is 6.07 Å². The first-order valence-corrected chi connectivity index (χ1v) is 6.46. The van der Waals surface area contributed by atoms with Crippen molar-refractivity contribution >= 4 is 5.82 Å². The number of aromatic nitrogens is 1. The Labute approximate surface area is 116 Å². The lowest BCUT2D eigenvalue weighted by atomic mass is 10.2. The van der Waals surface area contributed by atoms with Gasteiger partial charge < -0.3 is 10.1 Å². The Kier molecular flexibility index (Phi) is 4.87. The fourth-order valence-corrected chi connectivity index (χ4v) is 1.69. The second kappa shape index (κ2) is 6.84. The fraction of sp³-hybridized carbons (Fsp3) is 0.267. The first kappa shape index (κ1) is 14.2. The van der Waals surface area contributed by atoms with Gasteiger partial charge in [-0.25, -0.2) is 13.8 Å². The van der Waals surface area contributed by atoms with Gasteiger partial charge in [-0.05, 0) is 24.6 Å². The molecule has 0 aliphatic rings. The number of rotatable bonds is 6. The van der Waals surface area contributed by atoms with Crippen molar-refractivity contribution in [2.75, 3.05) is 11.9 Å². The minimum Gasteiger partial charge on any atom is -0.489 e. The second-order valence-electron chi connectivity index (χ2n) is 4.30. The van der Waals surface area contributed by atoms with E-state index in [1.165, 1.54) is 6.07 Å². The lowest BCUT2D eigenvalue weighted by Gasteiger charge is -2.11. The van der Waals surface area contributed by atoms with Crippen LogP contribution in [0.5, 0.6) is 5.75 Å². The average Bonchev–Trinajstić information content (AvgIpc) is 2.47. The number of benzene rings is 1. The highest BCUT2D eigenvalue weighted by molar-refractivity contribution is 5.43. The highest BCUT2D eigenvalue weighted by Crippen LogP contribution is 2.19. The van der Waals surface area contributed by atoms with Crippen molar-refractivity contribution in [2.45, 2.75) is 20.0 Å². The molecule has 0 aliphatic heterocycles. The van der Waals surface area contributed by atoms with Crippen LogP contribution in [0, 0.1) is 11.6 Å². The molecule has 20 heavy (non-hydrogen) atoms. The summed E-state index contributed by atoms with van der Waals surface area (Å²) in [6.45, 7) is 3.12. The van der Waals surface area contributed by atoms with Gasteiger partial charge in [-0.15, -0.1) is 0 Å². The van der Waals surface area contributed by atoms with Crippen LogP contribution in [0.3, 0.4) is 0 Å². The Morgan fingerprint density at radius 2 is 2.05 bits per heavy atom. The maximum absolute atomic E-state index is 13.1. The summed E-state index contributed by atoms with van der Waals surface area (Å²) in [6.07, 6.45) is 2.68. The van der Waals surface area contributed by atoms with Crippen LogP contribution < -0.4 is 10.1 Å². The third-order valence-corrected chi connectivity index (χ3v) is 2.72. The third kappa shape index (κ3) is 3.66. The number of nitrogens with one attached hydrogen (secondary N) is 1. The molecule has 1 heterocycles. The number of anilines is 1. The van der Waals surface area contributed by atoms with E-state index in [0.29, 0.717) is 0 Å². The maximum Gasteiger partial charge on any atom is 0.162 e. The molecule has 2 aromatic rings. The summed E-state index contributed by atoms with van der Waals surface area (Å²) in [5, 5.41) is 3.19. The van der Waals surface area contributed by atoms with Crippen LogP contribution in [-0.2, 0) is 6.61 Å². The Morgan fingerprint density at radius 3 is 2.80 bits per heavy atom. The normalized spacial score (nSPS) is 10.3. The Balaban J connectivity index is 2.04. The quantitative estimate of drug-likeness (QED) is 0.873. The van der Waals surface area contributed by atoms with Gasteiger partial charge in [-0.1, -0.05) is 13.0 Å². The number of halogens is 2. The molecule has 1 aromatic heterocycles. The summed E-state index contributed by atoms with van der Waals surface area (Å²) in [5.41, 5.74) is 0.866. The summed E-state index contributed by atoms with van der Waals surface area (Å²) in [5.74, 6) is -0.770. The molecule has 0 bridgehead atoms. The number of ether oxygens (including phenoxy) is 1. The van der Waals surface area contributed by atoms with Crippen LogP contribution in [0.2, 0.25) is 0 Å². The third-order valence-electron chi connectivity index (χ3n) is 2.72. The molecular weight excluding hydrogens is 262 g/mol. The summed E-state index contributed by atoms with van der Waals surface area (Å²) in [7, 11) is 0. The fourth-order valence-electron chi connectivity index (χ4n) is 1.69. The van der Waals surface area contributed by atoms with Gasteiger partial charge in [0.25, 0.3) is 0 Å². The summed E-state index contributed by atoms with van der Waals surface area (Å²) in [6, 6.07) is 7.16. The van der Waals surface area contributed by atoms with Crippen molar-refractivity contribution < 1.29 is 13.5 Å². The first-order valence-electron chi connectivity index (χ1n) is 6.46. The van der Waals surface area contributed by atoms with Crippen molar-refractivity contribution in [3.63, 3.8) is 0 Å². The monoisotopic (exact) mass is 278 g/mol. The zero-order valence-corrected chi connectivity index (χ0v) is 11.2. The molecule has 3 nitrogen and oxygen atoms in total. The Hall–Kier alpha value is -2.17. The van der Waals surface area contributed by atoms with Crippen molar-refractivity contribution in [2.24, 2.45) is 0 Å². The maximum atomic E-state index is 13.1. The van der Waals surface area contributed by atoms with Gasteiger partial charge in [0, 0.05) is 24.4 Å². The molecule has 0 spiro atoms. The molecule has 0 amide bonds. The van der Waals surface area contributed by atoms with Crippen LogP contribution in [0.25, 0.3) is 0 Å². The van der Waals surface area contributed by atoms with E-state index in [-0.39, 0.29) is 12.4 Å². The molecule has 0 fully saturated rings. The van der Waals surface area contributed by atoms with Crippen molar-refractivity contribution in [1.82, 2.24) is 4.98 Å². The molecule has 0 atom stereocenters. The molecule has 5 heteroatoms. The smallest absolute Gasteiger partial charge is 0.162 e. The number of hydrogen-bond donors (Lipinski definition) is 1.